The summed E-state index contributed by atoms with van der Waals surface area (Å²) in [5.74, 6) is 2.03. The van der Waals surface area contributed by atoms with Gasteiger partial charge >= 0.3 is 0 Å². The zero-order chi connectivity index (χ0) is 11.2. The van der Waals surface area contributed by atoms with Crippen LogP contribution in [0.15, 0.2) is 18.6 Å². The first kappa shape index (κ1) is 9.45. The highest BCUT2D eigenvalue weighted by atomic mass is 15.2. The Morgan fingerprint density at radius 2 is 2.24 bits per heavy atom. The van der Waals surface area contributed by atoms with Gasteiger partial charge in [0.2, 0.25) is 0 Å². The van der Waals surface area contributed by atoms with E-state index in [9.17, 15) is 0 Å². The van der Waals surface area contributed by atoms with Crippen LogP contribution in [0.25, 0.3) is 11.0 Å². The van der Waals surface area contributed by atoms with E-state index in [0.717, 1.165) is 30.0 Å². The molecule has 1 aliphatic heterocycles. The second-order valence-electron chi connectivity index (χ2n) is 5.18. The summed E-state index contributed by atoms with van der Waals surface area (Å²) in [6, 6.07) is 2.82. The number of hydrogen-bond acceptors (Lipinski definition) is 3. The van der Waals surface area contributed by atoms with Gasteiger partial charge in [0.05, 0.1) is 5.39 Å². The van der Waals surface area contributed by atoms with E-state index in [1.54, 1.807) is 6.33 Å². The zero-order valence-electron chi connectivity index (χ0n) is 9.76. The van der Waals surface area contributed by atoms with Crippen molar-refractivity contribution in [1.29, 1.82) is 0 Å². The Balaban J connectivity index is 1.81. The predicted octanol–water partition coefficient (Wildman–Crippen LogP) is 2.34. The van der Waals surface area contributed by atoms with Gasteiger partial charge in [0.15, 0.2) is 0 Å². The van der Waals surface area contributed by atoms with Crippen molar-refractivity contribution in [2.45, 2.75) is 31.7 Å². The first-order valence-corrected chi connectivity index (χ1v) is 6.48. The van der Waals surface area contributed by atoms with Gasteiger partial charge in [0.25, 0.3) is 0 Å². The molecule has 17 heavy (non-hydrogen) atoms. The lowest BCUT2D eigenvalue weighted by molar-refractivity contribution is 0.540. The number of fused-ring (bicyclic) bond motifs is 2. The van der Waals surface area contributed by atoms with Crippen LogP contribution in [-0.2, 0) is 0 Å². The predicted molar refractivity (Wildman–Crippen MR) is 67.0 cm³/mol. The number of rotatable bonds is 1. The Labute approximate surface area is 100 Å². The summed E-state index contributed by atoms with van der Waals surface area (Å²) in [6.07, 6.45) is 9.08. The Morgan fingerprint density at radius 3 is 3.24 bits per heavy atom. The summed E-state index contributed by atoms with van der Waals surface area (Å²) in [4.78, 5) is 14.5. The molecule has 1 N–H and O–H groups in total. The lowest BCUT2D eigenvalue weighted by Gasteiger charge is -2.25. The van der Waals surface area contributed by atoms with E-state index in [4.69, 9.17) is 0 Å². The second kappa shape index (κ2) is 3.45. The largest absolute Gasteiger partial charge is 0.353 e. The van der Waals surface area contributed by atoms with E-state index in [-0.39, 0.29) is 0 Å². The third-order valence-electron chi connectivity index (χ3n) is 4.37. The van der Waals surface area contributed by atoms with Gasteiger partial charge in [-0.2, -0.15) is 0 Å². The van der Waals surface area contributed by atoms with Gasteiger partial charge < -0.3 is 9.88 Å². The fourth-order valence-corrected chi connectivity index (χ4v) is 3.59. The van der Waals surface area contributed by atoms with Crippen molar-refractivity contribution in [3.8, 4) is 0 Å². The molecule has 2 fully saturated rings. The highest BCUT2D eigenvalue weighted by Crippen LogP contribution is 2.40. The number of nitrogens with zero attached hydrogens (tertiary/aromatic N) is 3. The molecule has 0 spiro atoms. The van der Waals surface area contributed by atoms with Crippen molar-refractivity contribution < 1.29 is 0 Å². The molecule has 4 rings (SSSR count). The summed E-state index contributed by atoms with van der Waals surface area (Å²) in [6.45, 7) is 1.16. The van der Waals surface area contributed by atoms with Crippen LogP contribution >= 0.6 is 0 Å². The maximum absolute atomic E-state index is 4.52. The van der Waals surface area contributed by atoms with E-state index >= 15 is 0 Å². The SMILES string of the molecule is c1nc(N2CCC3CCCC32)c2cc[nH]c2n1. The van der Waals surface area contributed by atoms with E-state index in [1.165, 1.54) is 31.1 Å². The zero-order valence-corrected chi connectivity index (χ0v) is 9.76. The molecule has 0 amide bonds. The molecule has 2 unspecified atom stereocenters. The molecule has 2 aromatic rings. The summed E-state index contributed by atoms with van der Waals surface area (Å²) in [5.41, 5.74) is 0.955. The lowest BCUT2D eigenvalue weighted by Crippen LogP contribution is -2.30. The number of nitrogens with one attached hydrogen (secondary N) is 1. The molecular weight excluding hydrogens is 212 g/mol. The minimum Gasteiger partial charge on any atom is -0.353 e. The number of H-pyrrole nitrogens is 1. The average molecular weight is 228 g/mol. The van der Waals surface area contributed by atoms with Gasteiger partial charge in [-0.1, -0.05) is 6.42 Å². The summed E-state index contributed by atoms with van der Waals surface area (Å²) < 4.78 is 0. The second-order valence-corrected chi connectivity index (χ2v) is 5.18. The first-order chi connectivity index (χ1) is 8.43. The smallest absolute Gasteiger partial charge is 0.142 e. The summed E-state index contributed by atoms with van der Waals surface area (Å²) in [7, 11) is 0. The minimum absolute atomic E-state index is 0.725. The highest BCUT2D eigenvalue weighted by molar-refractivity contribution is 5.87. The third kappa shape index (κ3) is 1.30. The topological polar surface area (TPSA) is 44.8 Å². The van der Waals surface area contributed by atoms with Crippen molar-refractivity contribution in [1.82, 2.24) is 15.0 Å². The Bertz CT molecular complexity index is 547. The van der Waals surface area contributed by atoms with Crippen LogP contribution in [0.3, 0.4) is 0 Å². The average Bonchev–Trinajstić information content (AvgIpc) is 3.04. The molecule has 4 heteroatoms. The van der Waals surface area contributed by atoms with Gasteiger partial charge in [0.1, 0.15) is 17.8 Å². The van der Waals surface area contributed by atoms with Crippen molar-refractivity contribution in [2.24, 2.45) is 5.92 Å². The molecule has 2 atom stereocenters. The number of anilines is 1. The third-order valence-corrected chi connectivity index (χ3v) is 4.37. The molecule has 88 valence electrons. The molecule has 4 nitrogen and oxygen atoms in total. The molecule has 2 aliphatic rings. The van der Waals surface area contributed by atoms with Gasteiger partial charge in [-0.05, 0) is 31.2 Å². The quantitative estimate of drug-likeness (QED) is 0.814. The van der Waals surface area contributed by atoms with Gasteiger partial charge in [-0.25, -0.2) is 9.97 Å². The van der Waals surface area contributed by atoms with Crippen LogP contribution in [0.2, 0.25) is 0 Å². The van der Waals surface area contributed by atoms with Gasteiger partial charge in [-0.15, -0.1) is 0 Å². The van der Waals surface area contributed by atoms with Crippen LogP contribution in [-0.4, -0.2) is 27.5 Å². The Morgan fingerprint density at radius 1 is 1.24 bits per heavy atom. The van der Waals surface area contributed by atoms with Gasteiger partial charge in [0, 0.05) is 18.8 Å². The minimum atomic E-state index is 0.725. The van der Waals surface area contributed by atoms with Crippen LogP contribution in [0.4, 0.5) is 5.82 Å². The molecule has 1 saturated heterocycles. The molecule has 0 bridgehead atoms. The molecule has 0 aromatic carbocycles. The standard InChI is InChI=1S/C13H16N4/c1-2-9-5-7-17(11(9)3-1)13-10-4-6-14-12(10)15-8-16-13/h4,6,8-9,11H,1-3,5,7H2,(H,14,15,16). The fraction of sp³-hybridized carbons (Fsp3) is 0.538. The summed E-state index contributed by atoms with van der Waals surface area (Å²) >= 11 is 0. The van der Waals surface area contributed by atoms with E-state index in [0.29, 0.717) is 0 Å². The van der Waals surface area contributed by atoms with Crippen LogP contribution in [0.5, 0.6) is 0 Å². The molecule has 0 radical (unpaired) electrons. The highest BCUT2D eigenvalue weighted by Gasteiger charge is 2.38. The van der Waals surface area contributed by atoms with E-state index < -0.39 is 0 Å². The molecular formula is C13H16N4. The number of aromatic nitrogens is 3. The molecule has 2 aromatic heterocycles. The van der Waals surface area contributed by atoms with Crippen LogP contribution < -0.4 is 4.90 Å². The maximum atomic E-state index is 4.52. The summed E-state index contributed by atoms with van der Waals surface area (Å²) in [5, 5.41) is 1.17. The molecule has 3 heterocycles. The monoisotopic (exact) mass is 228 g/mol. The normalized spacial score (nSPS) is 27.9. The first-order valence-electron chi connectivity index (χ1n) is 6.48. The Hall–Kier alpha value is -1.58. The van der Waals surface area contributed by atoms with Crippen molar-refractivity contribution in [3.63, 3.8) is 0 Å². The number of aromatic amines is 1. The maximum Gasteiger partial charge on any atom is 0.142 e. The van der Waals surface area contributed by atoms with E-state index in [2.05, 4.69) is 25.9 Å². The molecule has 1 saturated carbocycles. The van der Waals surface area contributed by atoms with Gasteiger partial charge in [-0.3, -0.25) is 0 Å². The van der Waals surface area contributed by atoms with Crippen molar-refractivity contribution >= 4 is 16.9 Å². The van der Waals surface area contributed by atoms with Crippen molar-refractivity contribution in [3.05, 3.63) is 18.6 Å². The Kier molecular flexibility index (Phi) is 1.92. The fourth-order valence-electron chi connectivity index (χ4n) is 3.59. The lowest BCUT2D eigenvalue weighted by atomic mass is 10.0. The van der Waals surface area contributed by atoms with Crippen LogP contribution in [0, 0.1) is 5.92 Å². The number of hydrogen-bond donors (Lipinski definition) is 1. The van der Waals surface area contributed by atoms with Crippen molar-refractivity contribution in [2.75, 3.05) is 11.4 Å². The van der Waals surface area contributed by atoms with Crippen LogP contribution in [0.1, 0.15) is 25.7 Å². The molecule has 1 aliphatic carbocycles. The van der Waals surface area contributed by atoms with E-state index in [1.807, 2.05) is 6.20 Å².